The third kappa shape index (κ3) is 8.05. The van der Waals surface area contributed by atoms with E-state index in [4.69, 9.17) is 11.5 Å². The summed E-state index contributed by atoms with van der Waals surface area (Å²) < 4.78 is 31.3. The molecular formula is C40H37F2N13O. The Balaban J connectivity index is 0.000000172. The number of carbonyl (C=O) groups excluding carboxylic acids is 1. The van der Waals surface area contributed by atoms with Crippen LogP contribution < -0.4 is 11.5 Å². The van der Waals surface area contributed by atoms with E-state index in [9.17, 15) is 13.6 Å². The van der Waals surface area contributed by atoms with Crippen molar-refractivity contribution in [1.29, 1.82) is 0 Å². The number of hydrogen-bond donors (Lipinski definition) is 2. The number of fused-ring (bicyclic) bond motifs is 2. The molecule has 56 heavy (non-hydrogen) atoms. The average Bonchev–Trinajstić information content (AvgIpc) is 3.71. The van der Waals surface area contributed by atoms with E-state index in [-0.39, 0.29) is 5.82 Å². The van der Waals surface area contributed by atoms with Crippen LogP contribution in [0.2, 0.25) is 0 Å². The molecule has 6 aromatic heterocycles. The molecule has 8 rings (SSSR count). The third-order valence-electron chi connectivity index (χ3n) is 8.71. The number of hydrogen-bond acceptors (Lipinski definition) is 12. The molecular weight excluding hydrogens is 717 g/mol. The first-order valence-corrected chi connectivity index (χ1v) is 17.4. The van der Waals surface area contributed by atoms with Gasteiger partial charge >= 0.3 is 0 Å². The molecule has 14 nitrogen and oxygen atoms in total. The fraction of sp³-hybridized carbons (Fsp3) is 0.175. The zero-order valence-electron chi connectivity index (χ0n) is 31.0. The zero-order valence-corrected chi connectivity index (χ0v) is 31.0. The van der Waals surface area contributed by atoms with E-state index in [2.05, 4.69) is 69.0 Å². The lowest BCUT2D eigenvalue weighted by Crippen LogP contribution is -2.10. The molecule has 0 amide bonds. The van der Waals surface area contributed by atoms with Gasteiger partial charge < -0.3 is 25.5 Å². The van der Waals surface area contributed by atoms with Crippen LogP contribution in [-0.4, -0.2) is 74.3 Å². The highest BCUT2D eigenvalue weighted by molar-refractivity contribution is 5.86. The first kappa shape index (κ1) is 37.3. The molecule has 282 valence electrons. The Bertz CT molecular complexity index is 2690. The number of anilines is 2. The molecule has 0 fully saturated rings. The highest BCUT2D eigenvalue weighted by Crippen LogP contribution is 2.29. The summed E-state index contributed by atoms with van der Waals surface area (Å²) in [4.78, 5) is 47.4. The maximum atomic E-state index is 13.8. The van der Waals surface area contributed by atoms with Crippen molar-refractivity contribution in [2.45, 2.75) is 33.5 Å². The smallest absolute Gasteiger partial charge is 0.166 e. The second-order valence-corrected chi connectivity index (χ2v) is 13.4. The minimum absolute atomic E-state index is 0.262. The van der Waals surface area contributed by atoms with Gasteiger partial charge in [-0.3, -0.25) is 14.8 Å². The maximum Gasteiger partial charge on any atom is 0.166 e. The lowest BCUT2D eigenvalue weighted by molar-refractivity contribution is 0.112. The van der Waals surface area contributed by atoms with Crippen molar-refractivity contribution >= 4 is 40.2 Å². The summed E-state index contributed by atoms with van der Waals surface area (Å²) in [7, 11) is 4.08. The molecule has 0 aliphatic rings. The Hall–Kier alpha value is -7.07. The lowest BCUT2D eigenvalue weighted by Gasteiger charge is -2.12. The standard InChI is InChI=1S/C21H22FN7.C19H15FN6O/c1-13-25-19(23)18-21(26-13)29(20(27-18)16-8-17(22)10-24-9-16)12-15-6-4-14(5-7-15)11-28(2)3;1-11-23-17(21)16-19(24-11)26(9-12-2-4-13(10-27)5-3-12)18(25-16)14-6-15(20)8-22-7-14/h4-10H,11-12H2,1-3H3,(H2,23,25,26);2-8,10H,9H2,1H3,(H2,21,23,24). The van der Waals surface area contributed by atoms with Crippen molar-refractivity contribution in [3.05, 3.63) is 131 Å². The van der Waals surface area contributed by atoms with Crippen molar-refractivity contribution in [2.24, 2.45) is 0 Å². The predicted octanol–water partition coefficient (Wildman–Crippen LogP) is 5.81. The Morgan fingerprint density at radius 2 is 1.05 bits per heavy atom. The Labute approximate surface area is 320 Å². The molecule has 0 atom stereocenters. The number of aldehydes is 1. The van der Waals surface area contributed by atoms with Gasteiger partial charge in [0.15, 0.2) is 34.0 Å². The van der Waals surface area contributed by atoms with Crippen LogP contribution in [0.3, 0.4) is 0 Å². The number of aromatic nitrogens is 10. The van der Waals surface area contributed by atoms with E-state index in [1.807, 2.05) is 35.4 Å². The van der Waals surface area contributed by atoms with E-state index in [0.29, 0.717) is 81.2 Å². The summed E-state index contributed by atoms with van der Waals surface area (Å²) in [6.45, 7) is 5.33. The number of nitrogen functional groups attached to an aromatic ring is 2. The SMILES string of the molecule is Cc1nc(N)c2nc(-c3cncc(F)c3)n(Cc3ccc(C=O)cc3)c2n1.Cc1nc(N)c2nc(-c3cncc(F)c3)n(Cc3ccc(CN(C)C)cc3)c2n1. The van der Waals surface area contributed by atoms with Crippen LogP contribution >= 0.6 is 0 Å². The normalized spacial score (nSPS) is 11.3. The first-order valence-electron chi connectivity index (χ1n) is 17.4. The molecule has 4 N–H and O–H groups in total. The van der Waals surface area contributed by atoms with E-state index in [0.717, 1.165) is 36.4 Å². The van der Waals surface area contributed by atoms with Gasteiger partial charge in [0.2, 0.25) is 0 Å². The van der Waals surface area contributed by atoms with Crippen LogP contribution in [0, 0.1) is 25.5 Å². The molecule has 0 aliphatic carbocycles. The van der Waals surface area contributed by atoms with Crippen molar-refractivity contribution in [3.63, 3.8) is 0 Å². The van der Waals surface area contributed by atoms with Crippen molar-refractivity contribution in [3.8, 4) is 22.8 Å². The molecule has 0 aliphatic heterocycles. The summed E-state index contributed by atoms with van der Waals surface area (Å²) in [6, 6.07) is 18.3. The maximum absolute atomic E-state index is 13.8. The number of imidazole rings is 2. The molecule has 0 saturated carbocycles. The van der Waals surface area contributed by atoms with E-state index in [1.54, 1.807) is 32.2 Å². The molecule has 2 aromatic carbocycles. The third-order valence-corrected chi connectivity index (χ3v) is 8.71. The number of benzene rings is 2. The summed E-state index contributed by atoms with van der Waals surface area (Å²) in [5, 5.41) is 0. The van der Waals surface area contributed by atoms with E-state index >= 15 is 0 Å². The monoisotopic (exact) mass is 753 g/mol. The molecule has 0 spiro atoms. The topological polar surface area (TPSA) is 185 Å². The summed E-state index contributed by atoms with van der Waals surface area (Å²) in [5.41, 5.74) is 19.1. The number of nitrogens with zero attached hydrogens (tertiary/aromatic N) is 11. The molecule has 16 heteroatoms. The van der Waals surface area contributed by atoms with Gasteiger partial charge in [-0.15, -0.1) is 0 Å². The molecule has 0 radical (unpaired) electrons. The number of halogens is 2. The zero-order chi connectivity index (χ0) is 39.5. The second-order valence-electron chi connectivity index (χ2n) is 13.4. The number of nitrogens with two attached hydrogens (primary N) is 2. The van der Waals surface area contributed by atoms with Gasteiger partial charge in [-0.2, -0.15) is 0 Å². The molecule has 0 unspecified atom stereocenters. The Kier molecular flexibility index (Phi) is 10.5. The van der Waals surface area contributed by atoms with Crippen molar-refractivity contribution in [1.82, 2.24) is 53.9 Å². The highest BCUT2D eigenvalue weighted by Gasteiger charge is 2.20. The number of rotatable bonds is 9. The van der Waals surface area contributed by atoms with Crippen LogP contribution in [0.4, 0.5) is 20.4 Å². The van der Waals surface area contributed by atoms with Crippen LogP contribution in [0.15, 0.2) is 85.5 Å². The molecule has 0 bridgehead atoms. The number of pyridine rings is 2. The van der Waals surface area contributed by atoms with Gasteiger partial charge in [0.1, 0.15) is 41.2 Å². The van der Waals surface area contributed by atoms with Crippen LogP contribution in [0.1, 0.15) is 38.7 Å². The van der Waals surface area contributed by atoms with Gasteiger partial charge in [-0.25, -0.2) is 38.7 Å². The Morgan fingerprint density at radius 1 is 0.625 bits per heavy atom. The fourth-order valence-corrected chi connectivity index (χ4v) is 6.26. The second kappa shape index (κ2) is 15.7. The number of aryl methyl sites for hydroxylation is 2. The van der Waals surface area contributed by atoms with E-state index < -0.39 is 11.6 Å². The summed E-state index contributed by atoms with van der Waals surface area (Å²) >= 11 is 0. The van der Waals surface area contributed by atoms with Crippen LogP contribution in [0.5, 0.6) is 0 Å². The van der Waals surface area contributed by atoms with Gasteiger partial charge in [-0.1, -0.05) is 48.5 Å². The minimum Gasteiger partial charge on any atom is -0.382 e. The van der Waals surface area contributed by atoms with E-state index in [1.165, 1.54) is 23.9 Å². The fourth-order valence-electron chi connectivity index (χ4n) is 6.26. The van der Waals surface area contributed by atoms with Crippen molar-refractivity contribution < 1.29 is 13.6 Å². The molecule has 8 aromatic rings. The van der Waals surface area contributed by atoms with Crippen LogP contribution in [-0.2, 0) is 19.6 Å². The number of carbonyl (C=O) groups is 1. The first-order chi connectivity index (χ1) is 26.9. The average molecular weight is 754 g/mol. The summed E-state index contributed by atoms with van der Waals surface area (Å²) in [6.07, 6.45) is 6.20. The highest BCUT2D eigenvalue weighted by atomic mass is 19.1. The largest absolute Gasteiger partial charge is 0.382 e. The molecule has 0 saturated heterocycles. The van der Waals surface area contributed by atoms with Gasteiger partial charge in [0.05, 0.1) is 25.5 Å². The lowest BCUT2D eigenvalue weighted by atomic mass is 10.1. The Morgan fingerprint density at radius 3 is 1.46 bits per heavy atom. The summed E-state index contributed by atoms with van der Waals surface area (Å²) in [5.74, 6) is 1.79. The predicted molar refractivity (Wildman–Crippen MR) is 209 cm³/mol. The molecule has 6 heterocycles. The van der Waals surface area contributed by atoms with Crippen LogP contribution in [0.25, 0.3) is 45.1 Å². The van der Waals surface area contributed by atoms with Crippen molar-refractivity contribution in [2.75, 3.05) is 25.6 Å². The van der Waals surface area contributed by atoms with Gasteiger partial charge in [0.25, 0.3) is 0 Å². The van der Waals surface area contributed by atoms with Gasteiger partial charge in [0, 0.05) is 35.6 Å². The minimum atomic E-state index is -0.461. The van der Waals surface area contributed by atoms with Gasteiger partial charge in [-0.05, 0) is 56.8 Å². The quantitative estimate of drug-likeness (QED) is 0.169.